The number of fused-ring (bicyclic) bond motifs is 1. The van der Waals surface area contributed by atoms with E-state index in [9.17, 15) is 14.7 Å². The van der Waals surface area contributed by atoms with E-state index in [0.717, 1.165) is 6.07 Å². The minimum atomic E-state index is -1.28. The minimum absolute atomic E-state index is 0.220. The molecular formula is C13H12O5. The van der Waals surface area contributed by atoms with E-state index in [-0.39, 0.29) is 11.3 Å². The highest BCUT2D eigenvalue weighted by Crippen LogP contribution is 2.18. The number of carboxylic acids is 1. The maximum atomic E-state index is 11.9. The standard InChI is InChI=1S/C13H12O5/c1-7(14)5-8-3-2-4-10-12(8)9(15)6-11(18-10)13(16)17/h2-4,6-7,14H,5H2,1H3,(H,16,17). The SMILES string of the molecule is CC(O)Cc1cccc2oc(C(=O)O)cc(=O)c12. The fraction of sp³-hybridized carbons (Fsp3) is 0.231. The van der Waals surface area contributed by atoms with Gasteiger partial charge in [0, 0.05) is 6.07 Å². The Labute approximate surface area is 102 Å². The lowest BCUT2D eigenvalue weighted by Gasteiger charge is -2.07. The third kappa shape index (κ3) is 2.26. The number of hydrogen-bond donors (Lipinski definition) is 2. The molecule has 0 fully saturated rings. The van der Waals surface area contributed by atoms with Crippen LogP contribution in [-0.4, -0.2) is 22.3 Å². The topological polar surface area (TPSA) is 87.7 Å². The van der Waals surface area contributed by atoms with E-state index in [1.54, 1.807) is 19.1 Å². The highest BCUT2D eigenvalue weighted by atomic mass is 16.4. The molecule has 1 atom stereocenters. The molecule has 1 unspecified atom stereocenters. The predicted molar refractivity (Wildman–Crippen MR) is 64.8 cm³/mol. The van der Waals surface area contributed by atoms with Crippen LogP contribution < -0.4 is 5.43 Å². The van der Waals surface area contributed by atoms with Crippen LogP contribution in [0.4, 0.5) is 0 Å². The number of hydrogen-bond acceptors (Lipinski definition) is 4. The van der Waals surface area contributed by atoms with E-state index >= 15 is 0 Å². The maximum absolute atomic E-state index is 11.9. The van der Waals surface area contributed by atoms with Crippen LogP contribution in [0.1, 0.15) is 23.0 Å². The van der Waals surface area contributed by atoms with E-state index in [1.165, 1.54) is 6.07 Å². The summed E-state index contributed by atoms with van der Waals surface area (Å²) in [7, 11) is 0. The number of aromatic carboxylic acids is 1. The third-order valence-corrected chi connectivity index (χ3v) is 2.57. The van der Waals surface area contributed by atoms with Gasteiger partial charge in [-0.25, -0.2) is 4.79 Å². The molecule has 1 heterocycles. The van der Waals surface area contributed by atoms with Gasteiger partial charge in [-0.1, -0.05) is 12.1 Å². The zero-order valence-electron chi connectivity index (χ0n) is 9.71. The molecule has 2 rings (SSSR count). The van der Waals surface area contributed by atoms with Gasteiger partial charge in [-0.2, -0.15) is 0 Å². The molecule has 0 amide bonds. The first-order valence-corrected chi connectivity index (χ1v) is 5.46. The Kier molecular flexibility index (Phi) is 3.16. The lowest BCUT2D eigenvalue weighted by molar-refractivity contribution is 0.0663. The second-order valence-electron chi connectivity index (χ2n) is 4.12. The average Bonchev–Trinajstić information content (AvgIpc) is 2.27. The molecule has 0 aliphatic carbocycles. The Bertz CT molecular complexity index is 654. The normalized spacial score (nSPS) is 12.6. The van der Waals surface area contributed by atoms with Crippen LogP contribution in [0.2, 0.25) is 0 Å². The molecule has 2 aromatic rings. The largest absolute Gasteiger partial charge is 0.475 e. The molecular weight excluding hydrogens is 236 g/mol. The Hall–Kier alpha value is -2.14. The molecule has 0 spiro atoms. The summed E-state index contributed by atoms with van der Waals surface area (Å²) in [4.78, 5) is 22.7. The minimum Gasteiger partial charge on any atom is -0.475 e. The number of aliphatic hydroxyl groups is 1. The molecule has 0 radical (unpaired) electrons. The van der Waals surface area contributed by atoms with Gasteiger partial charge in [-0.3, -0.25) is 4.79 Å². The third-order valence-electron chi connectivity index (χ3n) is 2.57. The predicted octanol–water partition coefficient (Wildman–Crippen LogP) is 1.41. The van der Waals surface area contributed by atoms with Crippen molar-refractivity contribution in [2.24, 2.45) is 0 Å². The molecule has 1 aromatic heterocycles. The number of rotatable bonds is 3. The first kappa shape index (κ1) is 12.3. The fourth-order valence-corrected chi connectivity index (χ4v) is 1.87. The van der Waals surface area contributed by atoms with Gasteiger partial charge >= 0.3 is 5.97 Å². The summed E-state index contributed by atoms with van der Waals surface area (Å²) in [5.74, 6) is -1.67. The highest BCUT2D eigenvalue weighted by molar-refractivity contribution is 5.88. The summed E-state index contributed by atoms with van der Waals surface area (Å²) in [6.07, 6.45) is -0.275. The quantitative estimate of drug-likeness (QED) is 0.857. The van der Waals surface area contributed by atoms with Crippen LogP contribution in [0.5, 0.6) is 0 Å². The first-order valence-electron chi connectivity index (χ1n) is 5.46. The Balaban J connectivity index is 2.71. The second-order valence-corrected chi connectivity index (χ2v) is 4.12. The molecule has 0 aliphatic heterocycles. The van der Waals surface area contributed by atoms with Crippen molar-refractivity contribution in [3.63, 3.8) is 0 Å². The first-order chi connectivity index (χ1) is 8.49. The van der Waals surface area contributed by atoms with Gasteiger partial charge < -0.3 is 14.6 Å². The molecule has 5 nitrogen and oxygen atoms in total. The number of benzene rings is 1. The summed E-state index contributed by atoms with van der Waals surface area (Å²) >= 11 is 0. The summed E-state index contributed by atoms with van der Waals surface area (Å²) < 4.78 is 5.15. The van der Waals surface area contributed by atoms with Crippen molar-refractivity contribution >= 4 is 16.9 Å². The van der Waals surface area contributed by atoms with Gasteiger partial charge in [0.05, 0.1) is 11.5 Å². The van der Waals surface area contributed by atoms with Crippen LogP contribution in [0.15, 0.2) is 33.5 Å². The van der Waals surface area contributed by atoms with Gasteiger partial charge in [-0.15, -0.1) is 0 Å². The molecule has 0 saturated heterocycles. The van der Waals surface area contributed by atoms with Crippen LogP contribution in [0, 0.1) is 0 Å². The number of aliphatic hydroxyl groups excluding tert-OH is 1. The smallest absolute Gasteiger partial charge is 0.371 e. The van der Waals surface area contributed by atoms with Gasteiger partial charge in [0.15, 0.2) is 5.43 Å². The van der Waals surface area contributed by atoms with Crippen molar-refractivity contribution in [2.75, 3.05) is 0 Å². The van der Waals surface area contributed by atoms with Gasteiger partial charge in [0.25, 0.3) is 0 Å². The summed E-state index contributed by atoms with van der Waals surface area (Å²) in [6, 6.07) is 5.87. The lowest BCUT2D eigenvalue weighted by atomic mass is 10.0. The van der Waals surface area contributed by atoms with E-state index in [0.29, 0.717) is 17.4 Å². The van der Waals surface area contributed by atoms with Gasteiger partial charge in [0.2, 0.25) is 5.76 Å². The van der Waals surface area contributed by atoms with Crippen molar-refractivity contribution < 1.29 is 19.4 Å². The van der Waals surface area contributed by atoms with Crippen molar-refractivity contribution in [1.82, 2.24) is 0 Å². The Morgan fingerprint density at radius 3 is 2.78 bits per heavy atom. The van der Waals surface area contributed by atoms with Crippen molar-refractivity contribution in [3.8, 4) is 0 Å². The van der Waals surface area contributed by atoms with E-state index < -0.39 is 17.5 Å². The summed E-state index contributed by atoms with van der Waals surface area (Å²) in [5, 5.41) is 18.5. The van der Waals surface area contributed by atoms with Crippen molar-refractivity contribution in [1.29, 1.82) is 0 Å². The Morgan fingerprint density at radius 2 is 2.17 bits per heavy atom. The average molecular weight is 248 g/mol. The molecule has 0 bridgehead atoms. The monoisotopic (exact) mass is 248 g/mol. The molecule has 2 N–H and O–H groups in total. The molecule has 0 aliphatic rings. The van der Waals surface area contributed by atoms with E-state index in [2.05, 4.69) is 0 Å². The summed E-state index contributed by atoms with van der Waals surface area (Å²) in [6.45, 7) is 1.62. The highest BCUT2D eigenvalue weighted by Gasteiger charge is 2.13. The van der Waals surface area contributed by atoms with Crippen molar-refractivity contribution in [2.45, 2.75) is 19.4 Å². The summed E-state index contributed by atoms with van der Waals surface area (Å²) in [5.41, 5.74) is 0.455. The van der Waals surface area contributed by atoms with Crippen LogP contribution in [0.25, 0.3) is 11.0 Å². The molecule has 5 heteroatoms. The van der Waals surface area contributed by atoms with Gasteiger partial charge in [0.1, 0.15) is 5.58 Å². The zero-order valence-corrected chi connectivity index (χ0v) is 9.71. The van der Waals surface area contributed by atoms with Crippen LogP contribution in [0.3, 0.4) is 0 Å². The second kappa shape index (κ2) is 4.62. The van der Waals surface area contributed by atoms with Crippen molar-refractivity contribution in [3.05, 3.63) is 45.8 Å². The number of carboxylic acid groups (broad SMARTS) is 1. The van der Waals surface area contributed by atoms with Crippen LogP contribution in [-0.2, 0) is 6.42 Å². The van der Waals surface area contributed by atoms with Crippen LogP contribution >= 0.6 is 0 Å². The maximum Gasteiger partial charge on any atom is 0.371 e. The Morgan fingerprint density at radius 1 is 1.44 bits per heavy atom. The fourth-order valence-electron chi connectivity index (χ4n) is 1.87. The molecule has 0 saturated carbocycles. The zero-order chi connectivity index (χ0) is 13.3. The molecule has 1 aromatic carbocycles. The van der Waals surface area contributed by atoms with E-state index in [4.69, 9.17) is 9.52 Å². The van der Waals surface area contributed by atoms with E-state index in [1.807, 2.05) is 0 Å². The molecule has 94 valence electrons. The number of carbonyl (C=O) groups is 1. The van der Waals surface area contributed by atoms with Gasteiger partial charge in [-0.05, 0) is 25.0 Å². The molecule has 18 heavy (non-hydrogen) atoms. The lowest BCUT2D eigenvalue weighted by Crippen LogP contribution is -2.11.